The molecule has 0 radical (unpaired) electrons. The molecule has 5 nitrogen and oxygen atoms in total. The van der Waals surface area contributed by atoms with Crippen molar-refractivity contribution in [3.63, 3.8) is 0 Å². The van der Waals surface area contributed by atoms with E-state index in [1.165, 1.54) is 6.07 Å². The maximum Gasteiger partial charge on any atom is 0.255 e. The first-order valence-corrected chi connectivity index (χ1v) is 9.08. The molecule has 0 unspecified atom stereocenters. The van der Waals surface area contributed by atoms with Crippen LogP contribution in [0.3, 0.4) is 0 Å². The van der Waals surface area contributed by atoms with Crippen molar-refractivity contribution >= 4 is 23.2 Å². The van der Waals surface area contributed by atoms with Crippen molar-refractivity contribution in [3.05, 3.63) is 53.6 Å². The van der Waals surface area contributed by atoms with Crippen LogP contribution in [0.1, 0.15) is 37.6 Å². The summed E-state index contributed by atoms with van der Waals surface area (Å²) in [4.78, 5) is 26.9. The van der Waals surface area contributed by atoms with Crippen molar-refractivity contribution in [3.8, 4) is 5.75 Å². The molecule has 0 fully saturated rings. The van der Waals surface area contributed by atoms with Gasteiger partial charge in [0.2, 0.25) is 5.91 Å². The molecule has 0 saturated heterocycles. The van der Waals surface area contributed by atoms with Gasteiger partial charge in [0.25, 0.3) is 5.91 Å². The van der Waals surface area contributed by atoms with Crippen LogP contribution in [0.2, 0.25) is 0 Å². The Morgan fingerprint density at radius 1 is 1.18 bits per heavy atom. The number of benzene rings is 2. The van der Waals surface area contributed by atoms with Gasteiger partial charge in [-0.2, -0.15) is 0 Å². The number of hydrogen-bond acceptors (Lipinski definition) is 3. The summed E-state index contributed by atoms with van der Waals surface area (Å²) in [6.07, 6.45) is 0.788. The normalized spacial score (nSPS) is 15.5. The van der Waals surface area contributed by atoms with E-state index in [9.17, 15) is 18.4 Å². The van der Waals surface area contributed by atoms with Crippen LogP contribution in [-0.4, -0.2) is 25.0 Å². The minimum Gasteiger partial charge on any atom is -0.490 e. The molecule has 2 amide bonds. The number of fused-ring (bicyclic) bond motifs is 1. The molecule has 0 saturated carbocycles. The first-order chi connectivity index (χ1) is 13.2. The van der Waals surface area contributed by atoms with Gasteiger partial charge in [-0.15, -0.1) is 0 Å². The van der Waals surface area contributed by atoms with Crippen LogP contribution in [0, 0.1) is 17.0 Å². The molecule has 1 aliphatic rings. The molecule has 1 heterocycles. The van der Waals surface area contributed by atoms with Gasteiger partial charge in [-0.25, -0.2) is 8.78 Å². The summed E-state index contributed by atoms with van der Waals surface area (Å²) in [5.41, 5.74) is 0.391. The van der Waals surface area contributed by atoms with E-state index in [0.29, 0.717) is 23.7 Å². The number of hydrogen-bond donors (Lipinski definition) is 1. The van der Waals surface area contributed by atoms with Gasteiger partial charge in [0.05, 0.1) is 11.1 Å². The van der Waals surface area contributed by atoms with Gasteiger partial charge in [0.1, 0.15) is 12.4 Å². The standard InChI is InChI=1S/C21H22F2N2O3/c1-4-9-25-17-8-6-14(11-18(17)28-12-21(2,3)20(25)27)24-19(26)13-5-7-15(22)16(23)10-13/h5-8,10-11H,4,9,12H2,1-3H3,(H,24,26). The minimum absolute atomic E-state index is 0.00122. The van der Waals surface area contributed by atoms with E-state index < -0.39 is 23.0 Å². The molecule has 2 aromatic carbocycles. The zero-order valence-electron chi connectivity index (χ0n) is 16.0. The van der Waals surface area contributed by atoms with E-state index in [1.54, 1.807) is 23.1 Å². The summed E-state index contributed by atoms with van der Waals surface area (Å²) in [6.45, 7) is 6.41. The third-order valence-electron chi connectivity index (χ3n) is 4.55. The topological polar surface area (TPSA) is 58.6 Å². The van der Waals surface area contributed by atoms with Crippen molar-refractivity contribution in [2.45, 2.75) is 27.2 Å². The number of amides is 2. The van der Waals surface area contributed by atoms with Crippen molar-refractivity contribution in [1.82, 2.24) is 0 Å². The van der Waals surface area contributed by atoms with Gasteiger partial charge in [-0.05, 0) is 50.6 Å². The molecular formula is C21H22F2N2O3. The predicted molar refractivity (Wildman–Crippen MR) is 103 cm³/mol. The second-order valence-corrected chi connectivity index (χ2v) is 7.39. The van der Waals surface area contributed by atoms with Crippen molar-refractivity contribution in [2.24, 2.45) is 5.41 Å². The Labute approximate surface area is 162 Å². The predicted octanol–water partition coefficient (Wildman–Crippen LogP) is 4.38. The highest BCUT2D eigenvalue weighted by Crippen LogP contribution is 2.38. The smallest absolute Gasteiger partial charge is 0.255 e. The zero-order valence-corrected chi connectivity index (χ0v) is 16.0. The Morgan fingerprint density at radius 3 is 2.61 bits per heavy atom. The first kappa shape index (κ1) is 19.8. The fourth-order valence-corrected chi connectivity index (χ4v) is 3.01. The van der Waals surface area contributed by atoms with Crippen molar-refractivity contribution in [1.29, 1.82) is 0 Å². The average molecular weight is 388 g/mol. The molecule has 3 rings (SSSR count). The van der Waals surface area contributed by atoms with E-state index in [2.05, 4.69) is 5.32 Å². The summed E-state index contributed by atoms with van der Waals surface area (Å²) in [7, 11) is 0. The van der Waals surface area contributed by atoms with Crippen LogP contribution in [0.25, 0.3) is 0 Å². The molecule has 0 bridgehead atoms. The fraction of sp³-hybridized carbons (Fsp3) is 0.333. The third kappa shape index (κ3) is 3.83. The van der Waals surface area contributed by atoms with Crippen LogP contribution in [0.5, 0.6) is 5.75 Å². The second-order valence-electron chi connectivity index (χ2n) is 7.39. The fourth-order valence-electron chi connectivity index (χ4n) is 3.01. The summed E-state index contributed by atoms with van der Waals surface area (Å²) in [5.74, 6) is -2.22. The van der Waals surface area contributed by atoms with Crippen LogP contribution in [-0.2, 0) is 4.79 Å². The molecule has 1 N–H and O–H groups in total. The summed E-state index contributed by atoms with van der Waals surface area (Å²) < 4.78 is 32.3. The summed E-state index contributed by atoms with van der Waals surface area (Å²) in [6, 6.07) is 7.94. The SMILES string of the molecule is CCCN1C(=O)C(C)(C)COc2cc(NC(=O)c3ccc(F)c(F)c3)ccc21. The highest BCUT2D eigenvalue weighted by molar-refractivity contribution is 6.05. The maximum atomic E-state index is 13.4. The number of halogens is 2. The lowest BCUT2D eigenvalue weighted by Gasteiger charge is -2.27. The quantitative estimate of drug-likeness (QED) is 0.846. The molecule has 7 heteroatoms. The number of carbonyl (C=O) groups excluding carboxylic acids is 2. The highest BCUT2D eigenvalue weighted by atomic mass is 19.2. The number of nitrogens with zero attached hydrogens (tertiary/aromatic N) is 1. The molecule has 148 valence electrons. The van der Waals surface area contributed by atoms with Crippen molar-refractivity contribution < 1.29 is 23.1 Å². The van der Waals surface area contributed by atoms with E-state index in [1.807, 2.05) is 20.8 Å². The van der Waals surface area contributed by atoms with Gasteiger partial charge in [-0.1, -0.05) is 6.92 Å². The Kier molecular flexibility index (Phi) is 5.36. The van der Waals surface area contributed by atoms with E-state index >= 15 is 0 Å². The Balaban J connectivity index is 1.88. The lowest BCUT2D eigenvalue weighted by Crippen LogP contribution is -2.42. The maximum absolute atomic E-state index is 13.4. The van der Waals surface area contributed by atoms with Crippen LogP contribution < -0.4 is 15.0 Å². The van der Waals surface area contributed by atoms with Gasteiger partial charge >= 0.3 is 0 Å². The number of rotatable bonds is 4. The lowest BCUT2D eigenvalue weighted by atomic mass is 9.93. The van der Waals surface area contributed by atoms with Crippen LogP contribution >= 0.6 is 0 Å². The summed E-state index contributed by atoms with van der Waals surface area (Å²) in [5, 5.41) is 2.64. The number of anilines is 2. The Morgan fingerprint density at radius 2 is 1.93 bits per heavy atom. The zero-order chi connectivity index (χ0) is 20.5. The summed E-state index contributed by atoms with van der Waals surface area (Å²) >= 11 is 0. The lowest BCUT2D eigenvalue weighted by molar-refractivity contribution is -0.127. The van der Waals surface area contributed by atoms with E-state index in [0.717, 1.165) is 18.6 Å². The number of nitrogens with one attached hydrogen (secondary N) is 1. The van der Waals surface area contributed by atoms with Crippen LogP contribution in [0.15, 0.2) is 36.4 Å². The average Bonchev–Trinajstić information content (AvgIpc) is 2.74. The van der Waals surface area contributed by atoms with Crippen LogP contribution in [0.4, 0.5) is 20.2 Å². The molecule has 28 heavy (non-hydrogen) atoms. The monoisotopic (exact) mass is 388 g/mol. The first-order valence-electron chi connectivity index (χ1n) is 9.08. The molecule has 0 atom stereocenters. The minimum atomic E-state index is -1.09. The van der Waals surface area contributed by atoms with Gasteiger partial charge in [0.15, 0.2) is 11.6 Å². The second kappa shape index (κ2) is 7.58. The van der Waals surface area contributed by atoms with Gasteiger partial charge in [0, 0.05) is 23.9 Å². The highest BCUT2D eigenvalue weighted by Gasteiger charge is 2.37. The molecular weight excluding hydrogens is 366 g/mol. The van der Waals surface area contributed by atoms with E-state index in [-0.39, 0.29) is 18.1 Å². The molecule has 0 aromatic heterocycles. The van der Waals surface area contributed by atoms with Gasteiger partial charge < -0.3 is 15.0 Å². The Hall–Kier alpha value is -2.96. The molecule has 1 aliphatic heterocycles. The van der Waals surface area contributed by atoms with Gasteiger partial charge in [-0.3, -0.25) is 9.59 Å². The van der Waals surface area contributed by atoms with E-state index in [4.69, 9.17) is 4.74 Å². The van der Waals surface area contributed by atoms with Crippen molar-refractivity contribution in [2.75, 3.05) is 23.4 Å². The number of ether oxygens (including phenoxy) is 1. The molecule has 0 aliphatic carbocycles. The molecule has 0 spiro atoms. The number of carbonyl (C=O) groups is 2. The largest absolute Gasteiger partial charge is 0.490 e. The third-order valence-corrected chi connectivity index (χ3v) is 4.55. The molecule has 2 aromatic rings. The Bertz CT molecular complexity index is 928.